The van der Waals surface area contributed by atoms with Crippen molar-refractivity contribution in [3.8, 4) is 0 Å². The summed E-state index contributed by atoms with van der Waals surface area (Å²) in [6, 6.07) is 9.27. The first-order chi connectivity index (χ1) is 11.6. The summed E-state index contributed by atoms with van der Waals surface area (Å²) in [6.07, 6.45) is 5.66. The van der Waals surface area contributed by atoms with Crippen LogP contribution in [0, 0.1) is 5.82 Å². The van der Waals surface area contributed by atoms with Gasteiger partial charge in [-0.1, -0.05) is 25.0 Å². The highest BCUT2D eigenvalue weighted by molar-refractivity contribution is 5.93. The van der Waals surface area contributed by atoms with Gasteiger partial charge >= 0.3 is 0 Å². The normalized spacial score (nSPS) is 17.6. The molecule has 4 nitrogen and oxygen atoms in total. The van der Waals surface area contributed by atoms with E-state index in [2.05, 4.69) is 5.32 Å². The number of hydrogen-bond donors (Lipinski definition) is 2. The van der Waals surface area contributed by atoms with E-state index in [1.54, 1.807) is 6.92 Å². The average molecular weight is 330 g/mol. The summed E-state index contributed by atoms with van der Waals surface area (Å²) >= 11 is 0. The van der Waals surface area contributed by atoms with Crippen LogP contribution in [0.2, 0.25) is 0 Å². The SMILES string of the molecule is CC(NC(=O)c1cccn1C1CCCC1)C(O)c1ccc(F)cc1. The maximum absolute atomic E-state index is 13.0. The quantitative estimate of drug-likeness (QED) is 0.880. The molecule has 1 aromatic carbocycles. The second-order valence-corrected chi connectivity index (χ2v) is 6.50. The van der Waals surface area contributed by atoms with E-state index in [1.165, 1.54) is 37.1 Å². The molecule has 0 saturated heterocycles. The predicted molar refractivity (Wildman–Crippen MR) is 90.2 cm³/mol. The molecule has 0 spiro atoms. The van der Waals surface area contributed by atoms with Gasteiger partial charge in [0.05, 0.1) is 12.1 Å². The van der Waals surface area contributed by atoms with Gasteiger partial charge in [-0.25, -0.2) is 4.39 Å². The van der Waals surface area contributed by atoms with Crippen molar-refractivity contribution in [1.29, 1.82) is 0 Å². The van der Waals surface area contributed by atoms with Crippen LogP contribution in [0.15, 0.2) is 42.6 Å². The number of amides is 1. The summed E-state index contributed by atoms with van der Waals surface area (Å²) in [4.78, 5) is 12.6. The summed E-state index contributed by atoms with van der Waals surface area (Å²) < 4.78 is 15.0. The molecule has 2 atom stereocenters. The van der Waals surface area contributed by atoms with E-state index in [1.807, 2.05) is 22.9 Å². The third-order valence-electron chi connectivity index (χ3n) is 4.77. The molecular formula is C19H23FN2O2. The number of halogens is 1. The Kier molecular flexibility index (Phi) is 5.00. The van der Waals surface area contributed by atoms with E-state index in [9.17, 15) is 14.3 Å². The number of nitrogens with zero attached hydrogens (tertiary/aromatic N) is 1. The molecule has 1 aromatic heterocycles. The number of benzene rings is 1. The Labute approximate surface area is 141 Å². The summed E-state index contributed by atoms with van der Waals surface area (Å²) in [5, 5.41) is 13.2. The van der Waals surface area contributed by atoms with Gasteiger partial charge in [-0.15, -0.1) is 0 Å². The molecule has 1 heterocycles. The largest absolute Gasteiger partial charge is 0.386 e. The van der Waals surface area contributed by atoms with E-state index in [4.69, 9.17) is 0 Å². The Bertz CT molecular complexity index is 690. The molecule has 1 aliphatic rings. The number of aromatic nitrogens is 1. The van der Waals surface area contributed by atoms with Gasteiger partial charge in [-0.2, -0.15) is 0 Å². The van der Waals surface area contributed by atoms with Crippen molar-refractivity contribution in [3.63, 3.8) is 0 Å². The fourth-order valence-electron chi connectivity index (χ4n) is 3.40. The smallest absolute Gasteiger partial charge is 0.268 e. The molecular weight excluding hydrogens is 307 g/mol. The van der Waals surface area contributed by atoms with Gasteiger partial charge in [-0.3, -0.25) is 4.79 Å². The number of aliphatic hydroxyl groups is 1. The maximum atomic E-state index is 13.0. The lowest BCUT2D eigenvalue weighted by Gasteiger charge is -2.22. The third kappa shape index (κ3) is 3.51. The number of hydrogen-bond acceptors (Lipinski definition) is 2. The summed E-state index contributed by atoms with van der Waals surface area (Å²) in [5.41, 5.74) is 1.20. The lowest BCUT2D eigenvalue weighted by atomic mass is 10.0. The van der Waals surface area contributed by atoms with Crippen molar-refractivity contribution >= 4 is 5.91 Å². The van der Waals surface area contributed by atoms with Crippen LogP contribution in [0.3, 0.4) is 0 Å². The van der Waals surface area contributed by atoms with Crippen LogP contribution in [0.5, 0.6) is 0 Å². The van der Waals surface area contributed by atoms with Crippen LogP contribution in [-0.2, 0) is 0 Å². The van der Waals surface area contributed by atoms with Gasteiger partial charge in [0.1, 0.15) is 11.5 Å². The number of nitrogens with one attached hydrogen (secondary N) is 1. The Hall–Kier alpha value is -2.14. The zero-order valence-corrected chi connectivity index (χ0v) is 13.8. The van der Waals surface area contributed by atoms with Gasteiger partial charge in [0, 0.05) is 12.2 Å². The first-order valence-corrected chi connectivity index (χ1v) is 8.47. The average Bonchev–Trinajstić information content (AvgIpc) is 3.25. The molecule has 1 fully saturated rings. The Balaban J connectivity index is 1.68. The number of carbonyl (C=O) groups excluding carboxylic acids is 1. The van der Waals surface area contributed by atoms with Gasteiger partial charge in [-0.05, 0) is 49.6 Å². The Morgan fingerprint density at radius 1 is 1.25 bits per heavy atom. The highest BCUT2D eigenvalue weighted by Gasteiger charge is 2.24. The molecule has 1 aliphatic carbocycles. The van der Waals surface area contributed by atoms with Crippen molar-refractivity contribution in [2.24, 2.45) is 0 Å². The van der Waals surface area contributed by atoms with Crippen LogP contribution in [-0.4, -0.2) is 21.6 Å². The van der Waals surface area contributed by atoms with E-state index < -0.39 is 12.1 Å². The molecule has 0 radical (unpaired) electrons. The second kappa shape index (κ2) is 7.18. The fraction of sp³-hybridized carbons (Fsp3) is 0.421. The van der Waals surface area contributed by atoms with Crippen LogP contribution < -0.4 is 5.32 Å². The number of rotatable bonds is 5. The highest BCUT2D eigenvalue weighted by Crippen LogP contribution is 2.30. The zero-order valence-electron chi connectivity index (χ0n) is 13.8. The van der Waals surface area contributed by atoms with E-state index in [-0.39, 0.29) is 11.7 Å². The minimum atomic E-state index is -0.885. The van der Waals surface area contributed by atoms with Crippen molar-refractivity contribution in [1.82, 2.24) is 9.88 Å². The van der Waals surface area contributed by atoms with Crippen LogP contribution in [0.1, 0.15) is 60.8 Å². The molecule has 2 unspecified atom stereocenters. The molecule has 2 aromatic rings. The monoisotopic (exact) mass is 330 g/mol. The minimum absolute atomic E-state index is 0.194. The fourth-order valence-corrected chi connectivity index (χ4v) is 3.40. The van der Waals surface area contributed by atoms with E-state index in [0.717, 1.165) is 12.8 Å². The van der Waals surface area contributed by atoms with Crippen LogP contribution >= 0.6 is 0 Å². The molecule has 5 heteroatoms. The van der Waals surface area contributed by atoms with Gasteiger partial charge in [0.15, 0.2) is 0 Å². The van der Waals surface area contributed by atoms with Gasteiger partial charge < -0.3 is 15.0 Å². The topological polar surface area (TPSA) is 54.3 Å². The molecule has 128 valence electrons. The second-order valence-electron chi connectivity index (χ2n) is 6.50. The number of carbonyl (C=O) groups is 1. The molecule has 0 bridgehead atoms. The van der Waals surface area contributed by atoms with Crippen molar-refractivity contribution in [2.75, 3.05) is 0 Å². The first kappa shape index (κ1) is 16.7. The predicted octanol–water partition coefficient (Wildman–Crippen LogP) is 3.59. The first-order valence-electron chi connectivity index (χ1n) is 8.47. The summed E-state index contributed by atoms with van der Waals surface area (Å²) in [7, 11) is 0. The van der Waals surface area contributed by atoms with Crippen LogP contribution in [0.25, 0.3) is 0 Å². The molecule has 1 amide bonds. The Morgan fingerprint density at radius 2 is 1.92 bits per heavy atom. The van der Waals surface area contributed by atoms with Crippen molar-refractivity contribution in [3.05, 3.63) is 59.7 Å². The third-order valence-corrected chi connectivity index (χ3v) is 4.77. The molecule has 1 saturated carbocycles. The van der Waals surface area contributed by atoms with Crippen LogP contribution in [0.4, 0.5) is 4.39 Å². The molecule has 0 aliphatic heterocycles. The highest BCUT2D eigenvalue weighted by atomic mass is 19.1. The molecule has 2 N–H and O–H groups in total. The van der Waals surface area contributed by atoms with Gasteiger partial charge in [0.25, 0.3) is 5.91 Å². The number of aliphatic hydroxyl groups excluding tert-OH is 1. The Morgan fingerprint density at radius 3 is 2.58 bits per heavy atom. The zero-order chi connectivity index (χ0) is 17.1. The van der Waals surface area contributed by atoms with Gasteiger partial charge in [0.2, 0.25) is 0 Å². The standard InChI is InChI=1S/C19H23FN2O2/c1-13(18(23)14-8-10-15(20)11-9-14)21-19(24)17-7-4-12-22(17)16-5-2-3-6-16/h4,7-13,16,18,23H,2-3,5-6H2,1H3,(H,21,24). The lowest BCUT2D eigenvalue weighted by Crippen LogP contribution is -2.38. The molecule has 3 rings (SSSR count). The van der Waals surface area contributed by atoms with E-state index in [0.29, 0.717) is 17.3 Å². The lowest BCUT2D eigenvalue weighted by molar-refractivity contribution is 0.0841. The van der Waals surface area contributed by atoms with Crippen molar-refractivity contribution in [2.45, 2.75) is 50.8 Å². The van der Waals surface area contributed by atoms with Crippen molar-refractivity contribution < 1.29 is 14.3 Å². The van der Waals surface area contributed by atoms with E-state index >= 15 is 0 Å². The summed E-state index contributed by atoms with van der Waals surface area (Å²) in [5.74, 6) is -0.544. The maximum Gasteiger partial charge on any atom is 0.268 e. The minimum Gasteiger partial charge on any atom is -0.386 e. The molecule has 24 heavy (non-hydrogen) atoms. The summed E-state index contributed by atoms with van der Waals surface area (Å²) in [6.45, 7) is 1.74.